The van der Waals surface area contributed by atoms with E-state index in [1.54, 1.807) is 6.20 Å². The summed E-state index contributed by atoms with van der Waals surface area (Å²) in [4.78, 5) is 3.98. The molecule has 0 spiro atoms. The van der Waals surface area contributed by atoms with Crippen molar-refractivity contribution in [1.29, 1.82) is 0 Å². The maximum atomic E-state index is 9.85. The second kappa shape index (κ2) is 5.05. The van der Waals surface area contributed by atoms with Crippen LogP contribution in [0.1, 0.15) is 18.4 Å². The summed E-state index contributed by atoms with van der Waals surface area (Å²) in [5.41, 5.74) is 1.03. The maximum Gasteiger partial charge on any atom is 0.218 e. The maximum absolute atomic E-state index is 9.85. The topological polar surface area (TPSA) is 54.4 Å². The molecule has 0 amide bonds. The van der Waals surface area contributed by atoms with Gasteiger partial charge in [0.1, 0.15) is 11.9 Å². The van der Waals surface area contributed by atoms with Crippen LogP contribution in [0.25, 0.3) is 10.8 Å². The molecule has 2 N–H and O–H groups in total. The van der Waals surface area contributed by atoms with E-state index in [1.165, 1.54) is 0 Å². The van der Waals surface area contributed by atoms with Crippen molar-refractivity contribution in [2.45, 2.75) is 25.9 Å². The van der Waals surface area contributed by atoms with E-state index in [1.807, 2.05) is 25.1 Å². The van der Waals surface area contributed by atoms with Crippen LogP contribution in [0.5, 0.6) is 11.6 Å². The number of aryl methyl sites for hydroxylation is 1. The highest BCUT2D eigenvalue weighted by Crippen LogP contribution is 2.33. The SMILES string of the molecule is Cc1cnc(O)c2cccc(OC3CCNCC3)c12. The predicted octanol–water partition coefficient (Wildman–Crippen LogP) is 2.38. The monoisotopic (exact) mass is 258 g/mol. The van der Waals surface area contributed by atoms with Crippen LogP contribution in [0.4, 0.5) is 0 Å². The van der Waals surface area contributed by atoms with E-state index in [0.29, 0.717) is 0 Å². The van der Waals surface area contributed by atoms with Crippen molar-refractivity contribution in [2.75, 3.05) is 13.1 Å². The van der Waals surface area contributed by atoms with E-state index in [0.717, 1.165) is 48.0 Å². The molecule has 1 aliphatic rings. The molecular formula is C15H18N2O2. The third kappa shape index (κ3) is 2.36. The molecule has 4 nitrogen and oxygen atoms in total. The van der Waals surface area contributed by atoms with Crippen LogP contribution in [-0.4, -0.2) is 29.3 Å². The first-order chi connectivity index (χ1) is 9.25. The number of pyridine rings is 1. The van der Waals surface area contributed by atoms with Crippen LogP contribution in [-0.2, 0) is 0 Å². The van der Waals surface area contributed by atoms with E-state index in [4.69, 9.17) is 4.74 Å². The summed E-state index contributed by atoms with van der Waals surface area (Å²) in [5.74, 6) is 0.913. The van der Waals surface area contributed by atoms with Crippen LogP contribution in [0.3, 0.4) is 0 Å². The standard InChI is InChI=1S/C15H18N2O2/c1-10-9-17-15(18)12-3-2-4-13(14(10)12)19-11-5-7-16-8-6-11/h2-4,9,11,16H,5-8H2,1H3,(H,17,18). The number of nitrogens with zero attached hydrogens (tertiary/aromatic N) is 1. The summed E-state index contributed by atoms with van der Waals surface area (Å²) in [6.07, 6.45) is 3.98. The summed E-state index contributed by atoms with van der Waals surface area (Å²) in [7, 11) is 0. The van der Waals surface area contributed by atoms with E-state index >= 15 is 0 Å². The van der Waals surface area contributed by atoms with Gasteiger partial charge < -0.3 is 15.2 Å². The van der Waals surface area contributed by atoms with Gasteiger partial charge in [-0.05, 0) is 50.6 Å². The Morgan fingerprint density at radius 1 is 1.32 bits per heavy atom. The first-order valence-electron chi connectivity index (χ1n) is 6.70. The van der Waals surface area contributed by atoms with Crippen molar-refractivity contribution in [1.82, 2.24) is 10.3 Å². The molecule has 0 aliphatic carbocycles. The zero-order chi connectivity index (χ0) is 13.2. The fourth-order valence-electron chi connectivity index (χ4n) is 2.61. The lowest BCUT2D eigenvalue weighted by atomic mass is 10.1. The second-order valence-corrected chi connectivity index (χ2v) is 5.01. The molecule has 3 rings (SSSR count). The third-order valence-corrected chi connectivity index (χ3v) is 3.62. The van der Waals surface area contributed by atoms with Gasteiger partial charge in [-0.2, -0.15) is 0 Å². The zero-order valence-corrected chi connectivity index (χ0v) is 11.0. The van der Waals surface area contributed by atoms with Gasteiger partial charge in [0.2, 0.25) is 5.88 Å². The smallest absolute Gasteiger partial charge is 0.218 e. The lowest BCUT2D eigenvalue weighted by Crippen LogP contribution is -2.34. The van der Waals surface area contributed by atoms with Gasteiger partial charge in [0.15, 0.2) is 0 Å². The summed E-state index contributed by atoms with van der Waals surface area (Å²) in [5, 5.41) is 14.9. The van der Waals surface area contributed by atoms with E-state index < -0.39 is 0 Å². The molecule has 1 fully saturated rings. The van der Waals surface area contributed by atoms with Gasteiger partial charge >= 0.3 is 0 Å². The molecule has 1 aromatic heterocycles. The number of nitrogens with one attached hydrogen (secondary N) is 1. The Balaban J connectivity index is 2.00. The molecule has 0 atom stereocenters. The highest BCUT2D eigenvalue weighted by atomic mass is 16.5. The number of rotatable bonds is 2. The van der Waals surface area contributed by atoms with E-state index in [9.17, 15) is 5.11 Å². The number of aromatic hydroxyl groups is 1. The Morgan fingerprint density at radius 2 is 2.11 bits per heavy atom. The van der Waals surface area contributed by atoms with Crippen molar-refractivity contribution in [2.24, 2.45) is 0 Å². The quantitative estimate of drug-likeness (QED) is 0.868. The van der Waals surface area contributed by atoms with Crippen LogP contribution < -0.4 is 10.1 Å². The van der Waals surface area contributed by atoms with Gasteiger partial charge in [-0.3, -0.25) is 0 Å². The number of ether oxygens (including phenoxy) is 1. The average molecular weight is 258 g/mol. The molecule has 1 aliphatic heterocycles. The minimum absolute atomic E-state index is 0.0661. The third-order valence-electron chi connectivity index (χ3n) is 3.62. The molecule has 0 unspecified atom stereocenters. The number of hydrogen-bond acceptors (Lipinski definition) is 4. The molecule has 100 valence electrons. The normalized spacial score (nSPS) is 16.7. The molecule has 1 aromatic carbocycles. The molecule has 2 heterocycles. The van der Waals surface area contributed by atoms with Crippen molar-refractivity contribution in [3.8, 4) is 11.6 Å². The Kier molecular flexibility index (Phi) is 3.25. The largest absolute Gasteiger partial charge is 0.493 e. The van der Waals surface area contributed by atoms with E-state index in [2.05, 4.69) is 10.3 Å². The molecule has 1 saturated heterocycles. The fourth-order valence-corrected chi connectivity index (χ4v) is 2.61. The Labute approximate surface area is 112 Å². The minimum Gasteiger partial charge on any atom is -0.493 e. The van der Waals surface area contributed by atoms with Gasteiger partial charge in [0, 0.05) is 17.0 Å². The van der Waals surface area contributed by atoms with Crippen LogP contribution >= 0.6 is 0 Å². The molecule has 2 aromatic rings. The lowest BCUT2D eigenvalue weighted by Gasteiger charge is -2.24. The Hall–Kier alpha value is -1.81. The summed E-state index contributed by atoms with van der Waals surface area (Å²) < 4.78 is 6.13. The lowest BCUT2D eigenvalue weighted by molar-refractivity contribution is 0.164. The molecule has 4 heteroatoms. The van der Waals surface area contributed by atoms with Crippen LogP contribution in [0.2, 0.25) is 0 Å². The number of fused-ring (bicyclic) bond motifs is 1. The van der Waals surface area contributed by atoms with Gasteiger partial charge in [0.25, 0.3) is 0 Å². The predicted molar refractivity (Wildman–Crippen MR) is 74.7 cm³/mol. The van der Waals surface area contributed by atoms with Crippen LogP contribution in [0.15, 0.2) is 24.4 Å². The molecular weight excluding hydrogens is 240 g/mol. The van der Waals surface area contributed by atoms with Crippen molar-refractivity contribution in [3.63, 3.8) is 0 Å². The van der Waals surface area contributed by atoms with E-state index in [-0.39, 0.29) is 12.0 Å². The first-order valence-corrected chi connectivity index (χ1v) is 6.70. The Bertz CT molecular complexity index is 592. The number of aromatic nitrogens is 1. The highest BCUT2D eigenvalue weighted by molar-refractivity contribution is 5.94. The van der Waals surface area contributed by atoms with Crippen LogP contribution in [0, 0.1) is 6.92 Å². The summed E-state index contributed by atoms with van der Waals surface area (Å²) in [6, 6.07) is 5.75. The molecule has 0 saturated carbocycles. The number of hydrogen-bond donors (Lipinski definition) is 2. The first kappa shape index (κ1) is 12.2. The number of piperidine rings is 1. The van der Waals surface area contributed by atoms with Gasteiger partial charge in [-0.1, -0.05) is 6.07 Å². The van der Waals surface area contributed by atoms with Crippen molar-refractivity contribution in [3.05, 3.63) is 30.0 Å². The minimum atomic E-state index is 0.0661. The molecule has 0 radical (unpaired) electrons. The van der Waals surface area contributed by atoms with Gasteiger partial charge in [-0.25, -0.2) is 4.98 Å². The van der Waals surface area contributed by atoms with Crippen molar-refractivity contribution < 1.29 is 9.84 Å². The van der Waals surface area contributed by atoms with Gasteiger partial charge in [0.05, 0.1) is 0 Å². The van der Waals surface area contributed by atoms with Crippen molar-refractivity contribution >= 4 is 10.8 Å². The zero-order valence-electron chi connectivity index (χ0n) is 11.0. The fraction of sp³-hybridized carbons (Fsp3) is 0.400. The van der Waals surface area contributed by atoms with Gasteiger partial charge in [-0.15, -0.1) is 0 Å². The summed E-state index contributed by atoms with van der Waals surface area (Å²) in [6.45, 7) is 3.99. The second-order valence-electron chi connectivity index (χ2n) is 5.01. The Morgan fingerprint density at radius 3 is 2.89 bits per heavy atom. The summed E-state index contributed by atoms with van der Waals surface area (Å²) >= 11 is 0. The number of benzene rings is 1. The highest BCUT2D eigenvalue weighted by Gasteiger charge is 2.17. The average Bonchev–Trinajstić information content (AvgIpc) is 2.44. The molecule has 19 heavy (non-hydrogen) atoms. The molecule has 0 bridgehead atoms.